The molecule has 0 amide bonds. The number of nitrogen functional groups attached to an aromatic ring is 1. The molecule has 2 N–H and O–H groups in total. The van der Waals surface area contributed by atoms with Crippen molar-refractivity contribution in [3.05, 3.63) is 22.8 Å². The third-order valence-corrected chi connectivity index (χ3v) is 6.24. The molecule has 5 heteroatoms. The van der Waals surface area contributed by atoms with Gasteiger partial charge in [-0.2, -0.15) is 4.31 Å². The van der Waals surface area contributed by atoms with Gasteiger partial charge in [-0.3, -0.25) is 0 Å². The van der Waals surface area contributed by atoms with E-state index < -0.39 is 10.0 Å². The van der Waals surface area contributed by atoms with Crippen molar-refractivity contribution in [1.29, 1.82) is 0 Å². The Hall–Kier alpha value is -1.07. The number of nitrogens with zero attached hydrogens (tertiary/aromatic N) is 1. The summed E-state index contributed by atoms with van der Waals surface area (Å²) in [5, 5.41) is 0. The number of benzene rings is 1. The van der Waals surface area contributed by atoms with Gasteiger partial charge in [0.15, 0.2) is 0 Å². The maximum absolute atomic E-state index is 13.1. The molecule has 1 aromatic rings. The van der Waals surface area contributed by atoms with Gasteiger partial charge in [-0.25, -0.2) is 8.42 Å². The van der Waals surface area contributed by atoms with Gasteiger partial charge in [0, 0.05) is 18.3 Å². The van der Waals surface area contributed by atoms with Gasteiger partial charge in [-0.1, -0.05) is 19.9 Å². The molecule has 2 rings (SSSR count). The zero-order chi connectivity index (χ0) is 15.9. The lowest BCUT2D eigenvalue weighted by molar-refractivity contribution is 0.359. The standard InChI is InChI=1S/C16H26N2O2S/c1-10(2)9-18(14-6-7-14)21(19,20)16-12(4)8-11(3)15(17)13(16)5/h8,10,14H,6-7,9,17H2,1-5H3. The van der Waals surface area contributed by atoms with Crippen molar-refractivity contribution < 1.29 is 8.42 Å². The highest BCUT2D eigenvalue weighted by atomic mass is 32.2. The molecule has 118 valence electrons. The molecule has 1 aliphatic rings. The molecule has 0 aromatic heterocycles. The van der Waals surface area contributed by atoms with Gasteiger partial charge in [0.1, 0.15) is 0 Å². The van der Waals surface area contributed by atoms with Gasteiger partial charge in [-0.05, 0) is 56.2 Å². The summed E-state index contributed by atoms with van der Waals surface area (Å²) in [6.45, 7) is 10.2. The van der Waals surface area contributed by atoms with E-state index in [-0.39, 0.29) is 6.04 Å². The minimum atomic E-state index is -3.48. The molecule has 1 fully saturated rings. The van der Waals surface area contributed by atoms with Crippen LogP contribution < -0.4 is 5.73 Å². The van der Waals surface area contributed by atoms with E-state index >= 15 is 0 Å². The van der Waals surface area contributed by atoms with Crippen LogP contribution in [0.2, 0.25) is 0 Å². The first kappa shape index (κ1) is 16.3. The molecular formula is C16H26N2O2S. The lowest BCUT2D eigenvalue weighted by Gasteiger charge is -2.26. The fourth-order valence-corrected chi connectivity index (χ4v) is 5.16. The second-order valence-electron chi connectivity index (χ2n) is 6.58. The molecule has 1 saturated carbocycles. The van der Waals surface area contributed by atoms with E-state index in [4.69, 9.17) is 5.73 Å². The summed E-state index contributed by atoms with van der Waals surface area (Å²) in [5.41, 5.74) is 9.05. The molecule has 1 aliphatic carbocycles. The summed E-state index contributed by atoms with van der Waals surface area (Å²) in [6, 6.07) is 2.04. The molecule has 1 aromatic carbocycles. The van der Waals surface area contributed by atoms with Crippen molar-refractivity contribution in [1.82, 2.24) is 4.31 Å². The van der Waals surface area contributed by atoms with Crippen LogP contribution in [0.15, 0.2) is 11.0 Å². The molecule has 0 aliphatic heterocycles. The number of anilines is 1. The summed E-state index contributed by atoms with van der Waals surface area (Å²) in [6.07, 6.45) is 1.93. The summed E-state index contributed by atoms with van der Waals surface area (Å²) >= 11 is 0. The van der Waals surface area contributed by atoms with Crippen LogP contribution in [0.4, 0.5) is 5.69 Å². The van der Waals surface area contributed by atoms with Crippen LogP contribution in [-0.2, 0) is 10.0 Å². The summed E-state index contributed by atoms with van der Waals surface area (Å²) in [4.78, 5) is 0.401. The zero-order valence-corrected chi connectivity index (χ0v) is 14.4. The Balaban J connectivity index is 2.55. The van der Waals surface area contributed by atoms with E-state index in [0.717, 1.165) is 24.0 Å². The quantitative estimate of drug-likeness (QED) is 0.850. The smallest absolute Gasteiger partial charge is 0.243 e. The Morgan fingerprint density at radius 2 is 1.81 bits per heavy atom. The number of nitrogens with two attached hydrogens (primary N) is 1. The zero-order valence-electron chi connectivity index (χ0n) is 13.6. The first-order valence-electron chi connectivity index (χ1n) is 7.54. The molecule has 0 atom stereocenters. The minimum Gasteiger partial charge on any atom is -0.398 e. The molecule has 21 heavy (non-hydrogen) atoms. The average Bonchev–Trinajstić information content (AvgIpc) is 3.16. The van der Waals surface area contributed by atoms with Crippen molar-refractivity contribution >= 4 is 15.7 Å². The van der Waals surface area contributed by atoms with E-state index in [0.29, 0.717) is 28.6 Å². The highest BCUT2D eigenvalue weighted by molar-refractivity contribution is 7.89. The lowest BCUT2D eigenvalue weighted by atomic mass is 10.1. The Kier molecular flexibility index (Phi) is 4.36. The largest absolute Gasteiger partial charge is 0.398 e. The van der Waals surface area contributed by atoms with Crippen molar-refractivity contribution in [2.45, 2.75) is 58.4 Å². The van der Waals surface area contributed by atoms with Crippen LogP contribution in [0, 0.1) is 26.7 Å². The molecule has 0 heterocycles. The van der Waals surface area contributed by atoms with E-state index in [2.05, 4.69) is 0 Å². The van der Waals surface area contributed by atoms with Crippen molar-refractivity contribution in [3.8, 4) is 0 Å². The third-order valence-electron chi connectivity index (χ3n) is 4.03. The SMILES string of the molecule is Cc1cc(C)c(S(=O)(=O)N(CC(C)C)C2CC2)c(C)c1N. The van der Waals surface area contributed by atoms with E-state index in [1.54, 1.807) is 4.31 Å². The maximum atomic E-state index is 13.1. The molecule has 0 unspecified atom stereocenters. The Morgan fingerprint density at radius 3 is 2.29 bits per heavy atom. The van der Waals surface area contributed by atoms with E-state index in [9.17, 15) is 8.42 Å². The molecule has 0 bridgehead atoms. The van der Waals surface area contributed by atoms with Gasteiger partial charge >= 0.3 is 0 Å². The summed E-state index contributed by atoms with van der Waals surface area (Å²) < 4.78 is 27.9. The first-order valence-corrected chi connectivity index (χ1v) is 8.98. The highest BCUT2D eigenvalue weighted by Gasteiger charge is 2.39. The fourth-order valence-electron chi connectivity index (χ4n) is 2.86. The van der Waals surface area contributed by atoms with E-state index in [1.807, 2.05) is 40.7 Å². The minimum absolute atomic E-state index is 0.165. The average molecular weight is 310 g/mol. The van der Waals surface area contributed by atoms with Gasteiger partial charge in [-0.15, -0.1) is 0 Å². The topological polar surface area (TPSA) is 63.4 Å². The molecule has 0 saturated heterocycles. The lowest BCUT2D eigenvalue weighted by Crippen LogP contribution is -2.37. The van der Waals surface area contributed by atoms with Gasteiger partial charge in [0.2, 0.25) is 10.0 Å². The maximum Gasteiger partial charge on any atom is 0.243 e. The van der Waals surface area contributed by atoms with Crippen LogP contribution in [0.1, 0.15) is 43.4 Å². The predicted molar refractivity (Wildman–Crippen MR) is 86.8 cm³/mol. The van der Waals surface area contributed by atoms with E-state index in [1.165, 1.54) is 0 Å². The van der Waals surface area contributed by atoms with Crippen LogP contribution in [0.25, 0.3) is 0 Å². The normalized spacial score (nSPS) is 16.0. The Labute approximate surface area is 128 Å². The highest BCUT2D eigenvalue weighted by Crippen LogP contribution is 2.36. The first-order chi connectivity index (χ1) is 9.66. The van der Waals surface area contributed by atoms with Gasteiger partial charge < -0.3 is 5.73 Å². The second-order valence-corrected chi connectivity index (χ2v) is 8.41. The van der Waals surface area contributed by atoms with Gasteiger partial charge in [0.05, 0.1) is 4.90 Å². The van der Waals surface area contributed by atoms with Crippen LogP contribution in [0.3, 0.4) is 0 Å². The molecule has 4 nitrogen and oxygen atoms in total. The number of aryl methyl sites for hydroxylation is 2. The molecular weight excluding hydrogens is 284 g/mol. The molecule has 0 spiro atoms. The Bertz CT molecular complexity index is 647. The van der Waals surface area contributed by atoms with Crippen molar-refractivity contribution in [2.75, 3.05) is 12.3 Å². The van der Waals surface area contributed by atoms with Crippen LogP contribution >= 0.6 is 0 Å². The number of hydrogen-bond donors (Lipinski definition) is 1. The number of sulfonamides is 1. The molecule has 0 radical (unpaired) electrons. The Morgan fingerprint density at radius 1 is 1.24 bits per heavy atom. The number of hydrogen-bond acceptors (Lipinski definition) is 3. The van der Waals surface area contributed by atoms with Crippen molar-refractivity contribution in [3.63, 3.8) is 0 Å². The van der Waals surface area contributed by atoms with Gasteiger partial charge in [0.25, 0.3) is 0 Å². The summed E-state index contributed by atoms with van der Waals surface area (Å²) in [5.74, 6) is 0.309. The third kappa shape index (κ3) is 3.09. The monoisotopic (exact) mass is 310 g/mol. The fraction of sp³-hybridized carbons (Fsp3) is 0.625. The van der Waals surface area contributed by atoms with Crippen molar-refractivity contribution in [2.24, 2.45) is 5.92 Å². The van der Waals surface area contributed by atoms with Crippen LogP contribution in [0.5, 0.6) is 0 Å². The summed E-state index contributed by atoms with van der Waals surface area (Å²) in [7, 11) is -3.48. The predicted octanol–water partition coefficient (Wildman–Crippen LogP) is 3.00. The van der Waals surface area contributed by atoms with Crippen LogP contribution in [-0.4, -0.2) is 25.3 Å². The number of rotatable bonds is 5. The second kappa shape index (κ2) is 5.61.